The Hall–Kier alpha value is -2.38. The van der Waals surface area contributed by atoms with Crippen LogP contribution in [0.3, 0.4) is 0 Å². The number of para-hydroxylation sites is 2. The van der Waals surface area contributed by atoms with Crippen molar-refractivity contribution >= 4 is 16.9 Å². The summed E-state index contributed by atoms with van der Waals surface area (Å²) >= 11 is 0. The topological polar surface area (TPSA) is 96.5 Å². The van der Waals surface area contributed by atoms with Crippen molar-refractivity contribution in [1.29, 1.82) is 0 Å². The lowest BCUT2D eigenvalue weighted by Gasteiger charge is -2.43. The van der Waals surface area contributed by atoms with Crippen molar-refractivity contribution in [1.82, 2.24) is 15.3 Å². The molecule has 1 amide bonds. The van der Waals surface area contributed by atoms with Crippen molar-refractivity contribution < 1.29 is 19.4 Å². The predicted octanol–water partition coefficient (Wildman–Crippen LogP) is 3.26. The maximum atomic E-state index is 12.9. The zero-order valence-corrected chi connectivity index (χ0v) is 17.5. The number of aliphatic hydroxyl groups is 1. The van der Waals surface area contributed by atoms with Gasteiger partial charge in [-0.05, 0) is 62.7 Å². The van der Waals surface area contributed by atoms with Gasteiger partial charge in [-0.25, -0.2) is 4.98 Å². The molecule has 4 rings (SSSR count). The average molecular weight is 414 g/mol. The van der Waals surface area contributed by atoms with E-state index in [2.05, 4.69) is 15.3 Å². The first-order valence-electron chi connectivity index (χ1n) is 11.0. The molecule has 2 heterocycles. The van der Waals surface area contributed by atoms with E-state index in [1.54, 1.807) is 0 Å². The summed E-state index contributed by atoms with van der Waals surface area (Å²) in [6, 6.07) is 7.79. The molecule has 2 aliphatic rings. The standard InChI is InChI=1S/C23H31N3O4/c1-2-29-23-16(9-6-12-27)17(15-7-5-8-15)13-20(30-23)22(28)24-14-21-25-18-10-3-4-11-19(18)26-21/h3-4,10-11,13,15-17,23,27H,2,5-9,12,14H2,1H3,(H,24,28)(H,25,26)/t16-,17+,23+/m0/s1. The van der Waals surface area contributed by atoms with Crippen molar-refractivity contribution in [2.45, 2.75) is 51.9 Å². The molecular formula is C23H31N3O4. The van der Waals surface area contributed by atoms with E-state index in [4.69, 9.17) is 9.47 Å². The number of aliphatic hydroxyl groups excluding tert-OH is 1. The van der Waals surface area contributed by atoms with Gasteiger partial charge in [-0.2, -0.15) is 0 Å². The van der Waals surface area contributed by atoms with Crippen LogP contribution in [0, 0.1) is 17.8 Å². The molecular weight excluding hydrogens is 382 g/mol. The fourth-order valence-corrected chi connectivity index (χ4v) is 4.49. The molecule has 1 aliphatic heterocycles. The van der Waals surface area contributed by atoms with Gasteiger partial charge in [0.25, 0.3) is 5.91 Å². The minimum Gasteiger partial charge on any atom is -0.459 e. The first-order chi connectivity index (χ1) is 14.7. The summed E-state index contributed by atoms with van der Waals surface area (Å²) in [6.07, 6.45) is 6.65. The first kappa shape index (κ1) is 20.9. The Morgan fingerprint density at radius 1 is 1.37 bits per heavy atom. The van der Waals surface area contributed by atoms with Crippen molar-refractivity contribution in [3.8, 4) is 0 Å². The quantitative estimate of drug-likeness (QED) is 0.586. The molecule has 0 radical (unpaired) electrons. The molecule has 30 heavy (non-hydrogen) atoms. The van der Waals surface area contributed by atoms with E-state index in [1.165, 1.54) is 19.3 Å². The second kappa shape index (κ2) is 9.62. The number of nitrogens with zero attached hydrogens (tertiary/aromatic N) is 1. The molecule has 1 aliphatic carbocycles. The van der Waals surface area contributed by atoms with E-state index in [0.717, 1.165) is 17.5 Å². The van der Waals surface area contributed by atoms with Crippen LogP contribution in [0.1, 0.15) is 44.9 Å². The van der Waals surface area contributed by atoms with E-state index in [-0.39, 0.29) is 24.3 Å². The fourth-order valence-electron chi connectivity index (χ4n) is 4.49. The molecule has 7 heteroatoms. The smallest absolute Gasteiger partial charge is 0.286 e. The van der Waals surface area contributed by atoms with Crippen LogP contribution in [-0.4, -0.2) is 40.5 Å². The maximum Gasteiger partial charge on any atom is 0.286 e. The minimum absolute atomic E-state index is 0.154. The Morgan fingerprint density at radius 3 is 2.90 bits per heavy atom. The van der Waals surface area contributed by atoms with Gasteiger partial charge >= 0.3 is 0 Å². The number of allylic oxidation sites excluding steroid dienone is 1. The van der Waals surface area contributed by atoms with Crippen molar-refractivity contribution in [3.63, 3.8) is 0 Å². The van der Waals surface area contributed by atoms with Gasteiger partial charge in [0.2, 0.25) is 6.29 Å². The van der Waals surface area contributed by atoms with E-state index < -0.39 is 6.29 Å². The molecule has 162 valence electrons. The monoisotopic (exact) mass is 413 g/mol. The van der Waals surface area contributed by atoms with Crippen LogP contribution in [0.2, 0.25) is 0 Å². The fraction of sp³-hybridized carbons (Fsp3) is 0.565. The lowest BCUT2D eigenvalue weighted by molar-refractivity contribution is -0.178. The predicted molar refractivity (Wildman–Crippen MR) is 113 cm³/mol. The molecule has 0 unspecified atom stereocenters. The van der Waals surface area contributed by atoms with E-state index in [1.807, 2.05) is 37.3 Å². The van der Waals surface area contributed by atoms with Crippen molar-refractivity contribution in [2.75, 3.05) is 13.2 Å². The van der Waals surface area contributed by atoms with Gasteiger partial charge in [0.05, 0.1) is 17.6 Å². The Bertz CT molecular complexity index is 856. The molecule has 1 saturated carbocycles. The number of H-pyrrole nitrogens is 1. The van der Waals surface area contributed by atoms with Gasteiger partial charge in [0.1, 0.15) is 5.82 Å². The third-order valence-electron chi connectivity index (χ3n) is 6.23. The summed E-state index contributed by atoms with van der Waals surface area (Å²) in [6.45, 7) is 2.91. The van der Waals surface area contributed by atoms with Crippen LogP contribution in [-0.2, 0) is 20.8 Å². The Kier molecular flexibility index (Phi) is 6.69. The molecule has 0 saturated heterocycles. The number of imidazole rings is 1. The van der Waals surface area contributed by atoms with Crippen LogP contribution < -0.4 is 5.32 Å². The Balaban J connectivity index is 1.47. The zero-order chi connectivity index (χ0) is 20.9. The van der Waals surface area contributed by atoms with Gasteiger partial charge in [0.15, 0.2) is 5.76 Å². The second-order valence-electron chi connectivity index (χ2n) is 8.15. The third kappa shape index (κ3) is 4.52. The highest BCUT2D eigenvalue weighted by Crippen LogP contribution is 2.44. The Morgan fingerprint density at radius 2 is 2.20 bits per heavy atom. The number of nitrogens with one attached hydrogen (secondary N) is 2. The van der Waals surface area contributed by atoms with E-state index in [9.17, 15) is 9.90 Å². The van der Waals surface area contributed by atoms with E-state index in [0.29, 0.717) is 37.1 Å². The van der Waals surface area contributed by atoms with Gasteiger partial charge in [-0.15, -0.1) is 0 Å². The molecule has 3 N–H and O–H groups in total. The molecule has 1 fully saturated rings. The first-order valence-corrected chi connectivity index (χ1v) is 11.0. The van der Waals surface area contributed by atoms with Crippen molar-refractivity contribution in [2.24, 2.45) is 17.8 Å². The largest absolute Gasteiger partial charge is 0.459 e. The zero-order valence-electron chi connectivity index (χ0n) is 17.5. The molecule has 0 bridgehead atoms. The van der Waals surface area contributed by atoms with Gasteiger partial charge in [-0.3, -0.25) is 4.79 Å². The minimum atomic E-state index is -0.455. The summed E-state index contributed by atoms with van der Waals surface area (Å²) in [5.74, 6) is 1.75. The molecule has 7 nitrogen and oxygen atoms in total. The number of amides is 1. The SMILES string of the molecule is CCO[C@@H]1OC(C(=O)NCc2nc3ccccc3[nH]2)=C[C@H](C2CCC2)[C@@H]1CCCO. The van der Waals surface area contributed by atoms with Gasteiger partial charge in [0, 0.05) is 19.1 Å². The van der Waals surface area contributed by atoms with Crippen LogP contribution in [0.4, 0.5) is 0 Å². The number of rotatable bonds is 9. The maximum absolute atomic E-state index is 12.9. The second-order valence-corrected chi connectivity index (χ2v) is 8.15. The number of carbonyl (C=O) groups is 1. The van der Waals surface area contributed by atoms with Crippen molar-refractivity contribution in [3.05, 3.63) is 41.9 Å². The number of aromatic nitrogens is 2. The number of carbonyl (C=O) groups excluding carboxylic acids is 1. The average Bonchev–Trinajstić information content (AvgIpc) is 3.13. The number of hydrogen-bond acceptors (Lipinski definition) is 5. The van der Waals surface area contributed by atoms with E-state index >= 15 is 0 Å². The highest BCUT2D eigenvalue weighted by atomic mass is 16.7. The molecule has 0 spiro atoms. The summed E-state index contributed by atoms with van der Waals surface area (Å²) in [7, 11) is 0. The van der Waals surface area contributed by atoms with Gasteiger partial charge in [-0.1, -0.05) is 18.6 Å². The number of benzene rings is 1. The highest BCUT2D eigenvalue weighted by Gasteiger charge is 2.42. The van der Waals surface area contributed by atoms with Crippen LogP contribution in [0.15, 0.2) is 36.1 Å². The lowest BCUT2D eigenvalue weighted by atomic mass is 9.68. The van der Waals surface area contributed by atoms with Crippen LogP contribution in [0.25, 0.3) is 11.0 Å². The highest BCUT2D eigenvalue weighted by molar-refractivity contribution is 5.91. The normalized spacial score (nSPS) is 24.2. The molecule has 3 atom stereocenters. The summed E-state index contributed by atoms with van der Waals surface area (Å²) in [5, 5.41) is 12.2. The Labute approximate surface area is 176 Å². The molecule has 1 aromatic carbocycles. The van der Waals surface area contributed by atoms with Gasteiger partial charge < -0.3 is 24.9 Å². The summed E-state index contributed by atoms with van der Waals surface area (Å²) < 4.78 is 11.9. The third-order valence-corrected chi connectivity index (χ3v) is 6.23. The van der Waals surface area contributed by atoms with Crippen LogP contribution in [0.5, 0.6) is 0 Å². The molecule has 1 aromatic heterocycles. The lowest BCUT2D eigenvalue weighted by Crippen LogP contribution is -2.43. The number of ether oxygens (including phenoxy) is 2. The number of hydrogen-bond donors (Lipinski definition) is 3. The summed E-state index contributed by atoms with van der Waals surface area (Å²) in [4.78, 5) is 20.6. The number of fused-ring (bicyclic) bond motifs is 1. The summed E-state index contributed by atoms with van der Waals surface area (Å²) in [5.41, 5.74) is 1.83. The van der Waals surface area contributed by atoms with Crippen LogP contribution >= 0.6 is 0 Å². The number of aromatic amines is 1. The molecule has 2 aromatic rings.